The quantitative estimate of drug-likeness (QED) is 0.134. The Bertz CT molecular complexity index is 1840. The summed E-state index contributed by atoms with van der Waals surface area (Å²) in [6.45, 7) is 14.1. The van der Waals surface area contributed by atoms with Gasteiger partial charge in [0.1, 0.15) is 31.3 Å². The van der Waals surface area contributed by atoms with E-state index < -0.39 is 108 Å². The lowest BCUT2D eigenvalue weighted by Gasteiger charge is -2.46. The summed E-state index contributed by atoms with van der Waals surface area (Å²) in [7, 11) is 1.55. The van der Waals surface area contributed by atoms with E-state index in [-0.39, 0.29) is 25.6 Å². The number of likely N-dealkylation sites (N-methyl/N-ethyl adjacent to an activating group) is 1. The molecule has 328 valence electrons. The number of carbonyl (C=O) groups is 5. The van der Waals surface area contributed by atoms with Gasteiger partial charge in [-0.15, -0.1) is 0 Å². The molecule has 0 spiro atoms. The molecule has 2 aromatic carbocycles. The summed E-state index contributed by atoms with van der Waals surface area (Å²) in [5, 5.41) is 0. The van der Waals surface area contributed by atoms with E-state index in [2.05, 4.69) is 0 Å². The van der Waals surface area contributed by atoms with Gasteiger partial charge in [0.25, 0.3) is 0 Å². The van der Waals surface area contributed by atoms with Crippen LogP contribution in [-0.4, -0.2) is 102 Å². The number of hydrogen-bond donors (Lipinski definition) is 0. The molecule has 0 aliphatic carbocycles. The third-order valence-corrected chi connectivity index (χ3v) is 12.6. The Labute approximate surface area is 351 Å². The zero-order valence-electron chi connectivity index (χ0n) is 35.9. The number of hydrogen-bond acceptors (Lipinski definition) is 14. The molecule has 15 nitrogen and oxygen atoms in total. The number of ether oxygens (including phenoxy) is 9. The SMILES string of the molecule is CC[C@H]1OC(=O)O[C@@]1(C)[C@@H]1OC(=O)[C@H](C)C(=O)[C@H](C)[C@@H](OC2OC(C)CC(N(C)C(=O)OCc3ccccc3)C2OC(=O)OCc2ccccc2)[C@@]2(C)CC(C)C(O2)[C@@H]1C. The van der Waals surface area contributed by atoms with Gasteiger partial charge in [0.05, 0.1) is 30.0 Å². The molecular weight excluding hydrogens is 778 g/mol. The van der Waals surface area contributed by atoms with E-state index in [9.17, 15) is 24.0 Å². The maximum Gasteiger partial charge on any atom is 0.509 e. The maximum atomic E-state index is 14.4. The van der Waals surface area contributed by atoms with E-state index in [1.165, 1.54) is 11.8 Å². The fourth-order valence-electron chi connectivity index (χ4n) is 9.47. The van der Waals surface area contributed by atoms with Crippen LogP contribution in [0.2, 0.25) is 0 Å². The van der Waals surface area contributed by atoms with Crippen LogP contribution in [0.3, 0.4) is 0 Å². The monoisotopic (exact) mass is 837 g/mol. The van der Waals surface area contributed by atoms with Crippen LogP contribution in [0.15, 0.2) is 60.7 Å². The van der Waals surface area contributed by atoms with E-state index in [0.29, 0.717) is 12.8 Å². The zero-order valence-corrected chi connectivity index (χ0v) is 35.9. The van der Waals surface area contributed by atoms with Gasteiger partial charge in [-0.2, -0.15) is 0 Å². The first-order valence-corrected chi connectivity index (χ1v) is 20.9. The molecule has 15 heteroatoms. The fraction of sp³-hybridized carbons (Fsp3) is 0.622. The second kappa shape index (κ2) is 18.5. The van der Waals surface area contributed by atoms with Crippen molar-refractivity contribution in [2.45, 2.75) is 148 Å². The minimum absolute atomic E-state index is 0.0116. The van der Waals surface area contributed by atoms with Crippen LogP contribution in [0.25, 0.3) is 0 Å². The van der Waals surface area contributed by atoms with Crippen molar-refractivity contribution in [2.75, 3.05) is 7.05 Å². The summed E-state index contributed by atoms with van der Waals surface area (Å²) in [5.74, 6) is -4.24. The van der Waals surface area contributed by atoms with Crippen LogP contribution in [0, 0.1) is 23.7 Å². The van der Waals surface area contributed by atoms with E-state index in [1.807, 2.05) is 76.2 Å². The predicted octanol–water partition coefficient (Wildman–Crippen LogP) is 7.16. The lowest BCUT2D eigenvalue weighted by molar-refractivity contribution is -0.296. The summed E-state index contributed by atoms with van der Waals surface area (Å²) in [6.07, 6.45) is -8.05. The fourth-order valence-corrected chi connectivity index (χ4v) is 9.47. The first kappa shape index (κ1) is 44.8. The van der Waals surface area contributed by atoms with Gasteiger partial charge in [0.2, 0.25) is 0 Å². The Balaban J connectivity index is 1.32. The average molecular weight is 838 g/mol. The van der Waals surface area contributed by atoms with Gasteiger partial charge in [0, 0.05) is 18.9 Å². The van der Waals surface area contributed by atoms with Crippen molar-refractivity contribution >= 4 is 30.2 Å². The van der Waals surface area contributed by atoms with Gasteiger partial charge in [-0.25, -0.2) is 14.4 Å². The predicted molar refractivity (Wildman–Crippen MR) is 213 cm³/mol. The van der Waals surface area contributed by atoms with Crippen molar-refractivity contribution < 1.29 is 66.6 Å². The number of fused-ring (bicyclic) bond motifs is 2. The van der Waals surface area contributed by atoms with Crippen molar-refractivity contribution in [3.05, 3.63) is 71.8 Å². The van der Waals surface area contributed by atoms with Gasteiger partial charge < -0.3 is 47.5 Å². The number of nitrogens with zero attached hydrogens (tertiary/aromatic N) is 1. The highest BCUT2D eigenvalue weighted by molar-refractivity contribution is 6.00. The largest absolute Gasteiger partial charge is 0.509 e. The van der Waals surface area contributed by atoms with Crippen LogP contribution in [0.4, 0.5) is 14.4 Å². The summed E-state index contributed by atoms with van der Waals surface area (Å²) >= 11 is 0. The number of rotatable bonds is 10. The highest BCUT2D eigenvalue weighted by Crippen LogP contribution is 2.48. The van der Waals surface area contributed by atoms with Crippen molar-refractivity contribution in [3.63, 3.8) is 0 Å². The first-order valence-electron chi connectivity index (χ1n) is 20.9. The van der Waals surface area contributed by atoms with Crippen LogP contribution in [0.1, 0.15) is 85.8 Å². The van der Waals surface area contributed by atoms with Crippen molar-refractivity contribution in [3.8, 4) is 0 Å². The van der Waals surface area contributed by atoms with E-state index in [0.717, 1.165) is 11.1 Å². The average Bonchev–Trinajstić information content (AvgIpc) is 3.72. The van der Waals surface area contributed by atoms with Gasteiger partial charge in [-0.05, 0) is 64.0 Å². The number of esters is 1. The maximum absolute atomic E-state index is 14.4. The minimum Gasteiger partial charge on any atom is -0.457 e. The molecule has 4 heterocycles. The van der Waals surface area contributed by atoms with Crippen molar-refractivity contribution in [1.29, 1.82) is 0 Å². The molecule has 60 heavy (non-hydrogen) atoms. The lowest BCUT2D eigenvalue weighted by Crippen LogP contribution is -2.60. The summed E-state index contributed by atoms with van der Waals surface area (Å²) < 4.78 is 55.0. The van der Waals surface area contributed by atoms with Gasteiger partial charge in [0.15, 0.2) is 23.8 Å². The molecule has 6 rings (SSSR count). The van der Waals surface area contributed by atoms with E-state index in [1.54, 1.807) is 40.0 Å². The summed E-state index contributed by atoms with van der Waals surface area (Å²) in [5.41, 5.74) is -1.01. The highest BCUT2D eigenvalue weighted by atomic mass is 16.8. The summed E-state index contributed by atoms with van der Waals surface area (Å²) in [4.78, 5) is 69.4. The van der Waals surface area contributed by atoms with Gasteiger partial charge in [-0.3, -0.25) is 9.59 Å². The van der Waals surface area contributed by atoms with Crippen LogP contribution in [0.5, 0.6) is 0 Å². The standard InChI is InChI=1S/C45H59NO14/c1-10-33-45(8,60-43(51)55-33)38-29(6)35-25(2)22-44(7,59-35)37(27(4)34(47)28(5)39(48)57-38)58-40-36(56-42(50)53-24-31-19-15-12-16-20-31)32(21-26(3)54-40)46(9)41(49)52-23-30-17-13-11-14-18-30/h11-20,25-29,32-33,35-38,40H,10,21-24H2,1-9H3/t25?,26?,27-,28+,29-,32?,33+,35?,36?,37+,38+,40?,44+,45+/m0/s1. The topological polar surface area (TPSA) is 172 Å². The Morgan fingerprint density at radius 2 is 1.48 bits per heavy atom. The van der Waals surface area contributed by atoms with Crippen molar-refractivity contribution in [2.24, 2.45) is 23.7 Å². The van der Waals surface area contributed by atoms with E-state index >= 15 is 0 Å². The normalized spacial score (nSPS) is 36.9. The number of cyclic esters (lactones) is 3. The van der Waals surface area contributed by atoms with Crippen LogP contribution in [-0.2, 0) is 65.4 Å². The minimum atomic E-state index is -1.36. The third-order valence-electron chi connectivity index (χ3n) is 12.6. The van der Waals surface area contributed by atoms with E-state index in [4.69, 9.17) is 42.6 Å². The van der Waals surface area contributed by atoms with Gasteiger partial charge >= 0.3 is 24.4 Å². The number of ketones is 1. The van der Waals surface area contributed by atoms with Crippen LogP contribution >= 0.6 is 0 Å². The molecular formula is C45H59NO14. The molecule has 14 atom stereocenters. The smallest absolute Gasteiger partial charge is 0.457 e. The molecule has 4 aliphatic rings. The molecule has 0 N–H and O–H groups in total. The van der Waals surface area contributed by atoms with Gasteiger partial charge in [-0.1, -0.05) is 88.4 Å². The molecule has 0 saturated carbocycles. The molecule has 2 bridgehead atoms. The molecule has 2 aromatic rings. The first-order chi connectivity index (χ1) is 28.4. The number of carbonyl (C=O) groups excluding carboxylic acids is 5. The molecule has 0 aromatic heterocycles. The van der Waals surface area contributed by atoms with Crippen molar-refractivity contribution in [1.82, 2.24) is 4.90 Å². The molecule has 4 aliphatic heterocycles. The molecule has 1 amide bonds. The second-order valence-electron chi connectivity index (χ2n) is 17.2. The Kier molecular flexibility index (Phi) is 13.8. The molecule has 4 fully saturated rings. The van der Waals surface area contributed by atoms with Crippen LogP contribution < -0.4 is 0 Å². The molecule has 6 unspecified atom stereocenters. The second-order valence-corrected chi connectivity index (χ2v) is 17.2. The zero-order chi connectivity index (χ0) is 43.5. The third kappa shape index (κ3) is 9.42. The number of Topliss-reactive ketones (excluding diaryl/α,β-unsaturated/α-hetero) is 1. The lowest BCUT2D eigenvalue weighted by atomic mass is 9.76. The Hall–Kier alpha value is -4.73. The Morgan fingerprint density at radius 1 is 0.867 bits per heavy atom. The molecule has 4 saturated heterocycles. The number of amides is 1. The molecule has 0 radical (unpaired) electrons. The Morgan fingerprint density at radius 3 is 2.10 bits per heavy atom. The summed E-state index contributed by atoms with van der Waals surface area (Å²) in [6, 6.07) is 17.5. The number of benzene rings is 2. The highest BCUT2D eigenvalue weighted by Gasteiger charge is 2.61.